The predicted octanol–water partition coefficient (Wildman–Crippen LogP) is 4.63. The van der Waals surface area contributed by atoms with Crippen LogP contribution < -0.4 is 5.32 Å². The second kappa shape index (κ2) is 6.32. The fourth-order valence-electron chi connectivity index (χ4n) is 1.82. The molecule has 0 radical (unpaired) electrons. The number of nitrogens with one attached hydrogen (secondary N) is 1. The minimum absolute atomic E-state index is 0.0386. The zero-order chi connectivity index (χ0) is 13.0. The maximum absolute atomic E-state index is 13.5. The monoisotopic (exact) mass is 283 g/mol. The van der Waals surface area contributed by atoms with Gasteiger partial charge in [-0.05, 0) is 42.1 Å². The van der Waals surface area contributed by atoms with Crippen molar-refractivity contribution in [2.45, 2.75) is 19.4 Å². The lowest BCUT2D eigenvalue weighted by Crippen LogP contribution is -2.22. The number of halogens is 2. The highest BCUT2D eigenvalue weighted by molar-refractivity contribution is 7.10. The van der Waals surface area contributed by atoms with Crippen molar-refractivity contribution in [3.8, 4) is 0 Å². The van der Waals surface area contributed by atoms with Gasteiger partial charge in [-0.1, -0.05) is 30.7 Å². The first-order valence-corrected chi connectivity index (χ1v) is 7.20. The molecule has 2 rings (SSSR count). The van der Waals surface area contributed by atoms with E-state index in [0.717, 1.165) is 18.5 Å². The first kappa shape index (κ1) is 13.5. The van der Waals surface area contributed by atoms with Crippen LogP contribution in [-0.4, -0.2) is 6.54 Å². The SMILES string of the molecule is CCCNC(c1ccc(Cl)c(F)c1)c1cccs1. The third-order valence-corrected chi connectivity index (χ3v) is 3.95. The molecule has 0 aliphatic rings. The van der Waals surface area contributed by atoms with E-state index < -0.39 is 0 Å². The topological polar surface area (TPSA) is 12.0 Å². The number of thiophene rings is 1. The molecule has 1 aromatic heterocycles. The lowest BCUT2D eigenvalue weighted by Gasteiger charge is -2.18. The molecule has 1 N–H and O–H groups in total. The molecule has 4 heteroatoms. The molecule has 2 aromatic rings. The van der Waals surface area contributed by atoms with Crippen molar-refractivity contribution < 1.29 is 4.39 Å². The van der Waals surface area contributed by atoms with Gasteiger partial charge in [0.25, 0.3) is 0 Å². The van der Waals surface area contributed by atoms with Gasteiger partial charge in [-0.3, -0.25) is 0 Å². The van der Waals surface area contributed by atoms with Gasteiger partial charge >= 0.3 is 0 Å². The molecule has 1 nitrogen and oxygen atoms in total. The molecule has 0 saturated heterocycles. The minimum atomic E-state index is -0.367. The van der Waals surface area contributed by atoms with Crippen LogP contribution in [0.1, 0.15) is 29.8 Å². The summed E-state index contributed by atoms with van der Waals surface area (Å²) in [7, 11) is 0. The van der Waals surface area contributed by atoms with E-state index in [2.05, 4.69) is 18.3 Å². The van der Waals surface area contributed by atoms with Crippen LogP contribution in [0.5, 0.6) is 0 Å². The largest absolute Gasteiger partial charge is 0.306 e. The van der Waals surface area contributed by atoms with Crippen LogP contribution in [0.3, 0.4) is 0 Å². The van der Waals surface area contributed by atoms with E-state index in [-0.39, 0.29) is 16.9 Å². The van der Waals surface area contributed by atoms with Gasteiger partial charge in [0.2, 0.25) is 0 Å². The van der Waals surface area contributed by atoms with Crippen molar-refractivity contribution in [3.05, 3.63) is 57.0 Å². The molecular formula is C14H15ClFNS. The Morgan fingerprint density at radius 1 is 1.39 bits per heavy atom. The maximum Gasteiger partial charge on any atom is 0.142 e. The lowest BCUT2D eigenvalue weighted by molar-refractivity contribution is 0.591. The van der Waals surface area contributed by atoms with Crippen molar-refractivity contribution in [1.29, 1.82) is 0 Å². The lowest BCUT2D eigenvalue weighted by atomic mass is 10.1. The Kier molecular flexibility index (Phi) is 4.75. The van der Waals surface area contributed by atoms with E-state index in [1.165, 1.54) is 10.9 Å². The Morgan fingerprint density at radius 3 is 2.83 bits per heavy atom. The summed E-state index contributed by atoms with van der Waals surface area (Å²) < 4.78 is 13.5. The average molecular weight is 284 g/mol. The second-order valence-corrected chi connectivity index (χ2v) is 5.46. The first-order chi connectivity index (χ1) is 8.72. The van der Waals surface area contributed by atoms with Gasteiger partial charge in [-0.2, -0.15) is 0 Å². The van der Waals surface area contributed by atoms with Crippen molar-refractivity contribution in [2.75, 3.05) is 6.54 Å². The summed E-state index contributed by atoms with van der Waals surface area (Å²) in [4.78, 5) is 1.19. The average Bonchev–Trinajstić information content (AvgIpc) is 2.88. The van der Waals surface area contributed by atoms with Crippen LogP contribution in [0.2, 0.25) is 5.02 Å². The molecule has 0 amide bonds. The molecule has 18 heavy (non-hydrogen) atoms. The number of hydrogen-bond donors (Lipinski definition) is 1. The van der Waals surface area contributed by atoms with Crippen LogP contribution in [0.4, 0.5) is 4.39 Å². The summed E-state index contributed by atoms with van der Waals surface area (Å²) >= 11 is 7.39. The Hall–Kier alpha value is -0.900. The van der Waals surface area contributed by atoms with Gasteiger partial charge in [0.05, 0.1) is 11.1 Å². The predicted molar refractivity (Wildman–Crippen MR) is 75.9 cm³/mol. The molecule has 96 valence electrons. The first-order valence-electron chi connectivity index (χ1n) is 5.94. The highest BCUT2D eigenvalue weighted by Crippen LogP contribution is 2.28. The van der Waals surface area contributed by atoms with Crippen LogP contribution in [0, 0.1) is 5.82 Å². The Bertz CT molecular complexity index is 499. The third kappa shape index (κ3) is 3.10. The number of hydrogen-bond acceptors (Lipinski definition) is 2. The van der Waals surface area contributed by atoms with Gasteiger partial charge in [0.1, 0.15) is 5.82 Å². The summed E-state index contributed by atoms with van der Waals surface area (Å²) in [6.45, 7) is 3.01. The molecule has 1 aromatic carbocycles. The van der Waals surface area contributed by atoms with E-state index in [1.54, 1.807) is 17.4 Å². The Labute approximate surface area is 116 Å². The van der Waals surface area contributed by atoms with Gasteiger partial charge in [-0.25, -0.2) is 4.39 Å². The van der Waals surface area contributed by atoms with Crippen molar-refractivity contribution >= 4 is 22.9 Å². The van der Waals surface area contributed by atoms with Crippen molar-refractivity contribution in [3.63, 3.8) is 0 Å². The summed E-state index contributed by atoms with van der Waals surface area (Å²) in [5, 5.41) is 5.63. The smallest absolute Gasteiger partial charge is 0.142 e. The zero-order valence-corrected chi connectivity index (χ0v) is 11.7. The van der Waals surface area contributed by atoms with Crippen LogP contribution in [-0.2, 0) is 0 Å². The van der Waals surface area contributed by atoms with E-state index in [0.29, 0.717) is 0 Å². The van der Waals surface area contributed by atoms with Gasteiger partial charge in [-0.15, -0.1) is 11.3 Å². The van der Waals surface area contributed by atoms with Crippen molar-refractivity contribution in [2.24, 2.45) is 0 Å². The van der Waals surface area contributed by atoms with E-state index in [4.69, 9.17) is 11.6 Å². The maximum atomic E-state index is 13.5. The Balaban J connectivity index is 2.30. The summed E-state index contributed by atoms with van der Waals surface area (Å²) in [5.41, 5.74) is 0.910. The van der Waals surface area contributed by atoms with Gasteiger partial charge < -0.3 is 5.32 Å². The summed E-state index contributed by atoms with van der Waals surface area (Å²) in [6.07, 6.45) is 1.04. The van der Waals surface area contributed by atoms with E-state index in [1.807, 2.05) is 17.5 Å². The quantitative estimate of drug-likeness (QED) is 0.844. The molecule has 1 heterocycles. The minimum Gasteiger partial charge on any atom is -0.306 e. The zero-order valence-electron chi connectivity index (χ0n) is 10.1. The summed E-state index contributed by atoms with van der Waals surface area (Å²) in [5.74, 6) is -0.367. The molecule has 1 unspecified atom stereocenters. The molecule has 0 aliphatic heterocycles. The molecule has 0 bridgehead atoms. The Morgan fingerprint density at radius 2 is 2.22 bits per heavy atom. The van der Waals surface area contributed by atoms with Crippen LogP contribution >= 0.6 is 22.9 Å². The number of benzene rings is 1. The molecule has 0 fully saturated rings. The fourth-order valence-corrected chi connectivity index (χ4v) is 2.76. The fraction of sp³-hybridized carbons (Fsp3) is 0.286. The standard InChI is InChI=1S/C14H15ClFNS/c1-2-7-17-14(13-4-3-8-18-13)10-5-6-11(15)12(16)9-10/h3-6,8-9,14,17H,2,7H2,1H3. The molecule has 0 saturated carbocycles. The molecule has 1 atom stereocenters. The molecular weight excluding hydrogens is 269 g/mol. The van der Waals surface area contributed by atoms with Crippen LogP contribution in [0.25, 0.3) is 0 Å². The summed E-state index contributed by atoms with van der Waals surface area (Å²) in [6, 6.07) is 9.10. The van der Waals surface area contributed by atoms with Gasteiger partial charge in [0.15, 0.2) is 0 Å². The van der Waals surface area contributed by atoms with E-state index >= 15 is 0 Å². The van der Waals surface area contributed by atoms with Crippen molar-refractivity contribution in [1.82, 2.24) is 5.32 Å². The highest BCUT2D eigenvalue weighted by Gasteiger charge is 2.15. The van der Waals surface area contributed by atoms with Gasteiger partial charge in [0, 0.05) is 4.88 Å². The van der Waals surface area contributed by atoms with Crippen LogP contribution in [0.15, 0.2) is 35.7 Å². The highest BCUT2D eigenvalue weighted by atomic mass is 35.5. The normalized spacial score (nSPS) is 12.6. The van der Waals surface area contributed by atoms with E-state index in [9.17, 15) is 4.39 Å². The number of rotatable bonds is 5. The second-order valence-electron chi connectivity index (χ2n) is 4.08. The molecule has 0 spiro atoms. The third-order valence-electron chi connectivity index (χ3n) is 2.70. The molecule has 0 aliphatic carbocycles.